The van der Waals surface area contributed by atoms with Gasteiger partial charge in [-0.15, -0.1) is 0 Å². The molecule has 0 atom stereocenters. The maximum absolute atomic E-state index is 9.11. The summed E-state index contributed by atoms with van der Waals surface area (Å²) in [6.45, 7) is 0. The first-order chi connectivity index (χ1) is 33.8. The molecule has 0 saturated heterocycles. The van der Waals surface area contributed by atoms with E-state index in [4.69, 9.17) is 6.85 Å². The number of para-hydroxylation sites is 1. The first-order valence-corrected chi connectivity index (χ1v) is 21.5. The van der Waals surface area contributed by atoms with E-state index in [1.165, 1.54) is 37.7 Å². The fourth-order valence-electron chi connectivity index (χ4n) is 9.86. The lowest BCUT2D eigenvalue weighted by atomic mass is 9.93. The molecule has 0 bridgehead atoms. The summed E-state index contributed by atoms with van der Waals surface area (Å²) >= 11 is 0. The van der Waals surface area contributed by atoms with Gasteiger partial charge in [-0.2, -0.15) is 0 Å². The van der Waals surface area contributed by atoms with Crippen molar-refractivity contribution in [2.24, 2.45) is 0 Å². The van der Waals surface area contributed by atoms with E-state index in [0.29, 0.717) is 11.4 Å². The van der Waals surface area contributed by atoms with Crippen molar-refractivity contribution in [2.75, 3.05) is 9.80 Å². The molecular formula is C61H39N3. The Morgan fingerprint density at radius 3 is 1.08 bits per heavy atom. The molecule has 0 amide bonds. The zero-order valence-corrected chi connectivity index (χ0v) is 34.5. The highest BCUT2D eigenvalue weighted by molar-refractivity contribution is 6.25. The second kappa shape index (κ2) is 14.5. The van der Waals surface area contributed by atoms with Crippen molar-refractivity contribution in [3.05, 3.63) is 237 Å². The molecule has 0 aliphatic heterocycles. The van der Waals surface area contributed by atoms with Crippen LogP contribution in [0.4, 0.5) is 34.1 Å². The molecule has 12 aromatic carbocycles. The van der Waals surface area contributed by atoms with Gasteiger partial charge in [-0.1, -0.05) is 146 Å². The number of rotatable bonds is 8. The maximum Gasteiger partial charge on any atom is 0.0701 e. The van der Waals surface area contributed by atoms with Crippen LogP contribution < -0.4 is 9.80 Å². The number of anilines is 6. The topological polar surface area (TPSA) is 19.4 Å². The summed E-state index contributed by atoms with van der Waals surface area (Å²) in [4.78, 5) is 8.70. The monoisotopic (exact) mass is 818 g/mol. The molecule has 13 rings (SSSR count). The third-order valence-electron chi connectivity index (χ3n) is 12.8. The third kappa shape index (κ3) is 5.94. The van der Waals surface area contributed by atoms with Crippen molar-refractivity contribution in [3.63, 3.8) is 0 Å². The lowest BCUT2D eigenvalue weighted by Gasteiger charge is -2.27. The molecule has 0 radical (unpaired) electrons. The molecule has 3 heteroatoms. The van der Waals surface area contributed by atoms with E-state index in [9.17, 15) is 0 Å². The van der Waals surface area contributed by atoms with Crippen molar-refractivity contribution in [1.29, 1.82) is 0 Å². The van der Waals surface area contributed by atoms with Crippen molar-refractivity contribution in [1.82, 2.24) is 4.98 Å². The van der Waals surface area contributed by atoms with Crippen LogP contribution in [-0.4, -0.2) is 4.98 Å². The maximum atomic E-state index is 9.11. The summed E-state index contributed by atoms with van der Waals surface area (Å²) in [7, 11) is 0. The molecule has 0 spiro atoms. The molecule has 0 fully saturated rings. The molecule has 3 nitrogen and oxygen atoms in total. The van der Waals surface area contributed by atoms with Crippen LogP contribution in [0.1, 0.15) is 6.85 Å². The van der Waals surface area contributed by atoms with Gasteiger partial charge in [-0.3, -0.25) is 4.98 Å². The Bertz CT molecular complexity index is 3970. The number of hydrogen-bond donors (Lipinski definition) is 0. The highest BCUT2D eigenvalue weighted by atomic mass is 15.1. The van der Waals surface area contributed by atoms with Gasteiger partial charge in [0.2, 0.25) is 0 Å². The standard InChI is InChI=1S/C61H39N3/c1-2-12-51(13-3-1)63(55-36-47-19-15-43-8-6-9-44-16-20-48(37-55)60(47)58(43)44)52-29-23-40(24-30-52)41-25-31-53(32-26-41)64(54-33-27-42(28-34-54)57-14-4-5-35-62-57)56-38-49-21-17-45-10-7-11-46-18-22-50(39-56)61(49)59(45)46/h1-39H/i1D,2D,3D,12D,13D. The first kappa shape index (κ1) is 31.3. The van der Waals surface area contributed by atoms with Crippen LogP contribution >= 0.6 is 0 Å². The molecule has 0 aliphatic rings. The second-order valence-electron chi connectivity index (χ2n) is 16.5. The van der Waals surface area contributed by atoms with Gasteiger partial charge in [0.25, 0.3) is 0 Å². The van der Waals surface area contributed by atoms with Crippen molar-refractivity contribution in [3.8, 4) is 22.4 Å². The molecule has 64 heavy (non-hydrogen) atoms. The van der Waals surface area contributed by atoms with Crippen molar-refractivity contribution >= 4 is 98.8 Å². The van der Waals surface area contributed by atoms with Crippen molar-refractivity contribution in [2.45, 2.75) is 0 Å². The zero-order valence-electron chi connectivity index (χ0n) is 39.5. The second-order valence-corrected chi connectivity index (χ2v) is 16.5. The molecule has 0 N–H and O–H groups in total. The van der Waals surface area contributed by atoms with Gasteiger partial charge in [-0.25, -0.2) is 0 Å². The first-order valence-electron chi connectivity index (χ1n) is 24.0. The van der Waals surface area contributed by atoms with Crippen molar-refractivity contribution < 1.29 is 6.85 Å². The largest absolute Gasteiger partial charge is 0.310 e. The predicted octanol–water partition coefficient (Wildman–Crippen LogP) is 17.1. The predicted molar refractivity (Wildman–Crippen MR) is 272 cm³/mol. The van der Waals surface area contributed by atoms with Gasteiger partial charge in [0.15, 0.2) is 0 Å². The molecule has 0 saturated carbocycles. The Morgan fingerprint density at radius 2 is 0.672 bits per heavy atom. The fraction of sp³-hybridized carbons (Fsp3) is 0. The minimum absolute atomic E-state index is 0.0889. The number of aromatic nitrogens is 1. The van der Waals surface area contributed by atoms with Crippen LogP contribution in [-0.2, 0) is 0 Å². The number of pyridine rings is 1. The van der Waals surface area contributed by atoms with E-state index in [1.807, 2.05) is 48.7 Å². The third-order valence-corrected chi connectivity index (χ3v) is 12.8. The molecule has 1 heterocycles. The fourth-order valence-corrected chi connectivity index (χ4v) is 9.86. The lowest BCUT2D eigenvalue weighted by molar-refractivity contribution is 1.28. The Morgan fingerprint density at radius 1 is 0.297 bits per heavy atom. The molecule has 13 aromatic rings. The van der Waals surface area contributed by atoms with E-state index in [1.54, 1.807) is 4.90 Å². The smallest absolute Gasteiger partial charge is 0.0701 e. The summed E-state index contributed by atoms with van der Waals surface area (Å²) in [5.74, 6) is 0. The average Bonchev–Trinajstić information content (AvgIpc) is 3.40. The van der Waals surface area contributed by atoms with Crippen LogP contribution in [0.2, 0.25) is 0 Å². The Hall–Kier alpha value is -8.53. The Balaban J connectivity index is 0.905. The SMILES string of the molecule is [2H]c1c([2H])c([2H])c(N(c2ccc(-c3ccc(N(c4ccc(-c5ccccn5)cc4)c4cc5ccc6cccc7ccc(c4)c5c67)cc3)cc2)c2cc3ccc4cccc5ccc(c2)c3c45)c([2H])c1[2H]. The number of hydrogen-bond acceptors (Lipinski definition) is 3. The number of nitrogens with zero attached hydrogens (tertiary/aromatic N) is 3. The normalized spacial score (nSPS) is 12.8. The van der Waals surface area contributed by atoms with Gasteiger partial charge in [-0.05, 0) is 161 Å². The van der Waals surface area contributed by atoms with E-state index in [-0.39, 0.29) is 29.9 Å². The van der Waals surface area contributed by atoms with Crippen LogP contribution in [0.3, 0.4) is 0 Å². The van der Waals surface area contributed by atoms with E-state index < -0.39 is 6.04 Å². The minimum atomic E-state index is -0.428. The van der Waals surface area contributed by atoms with Crippen LogP contribution in [0.15, 0.2) is 237 Å². The van der Waals surface area contributed by atoms with Gasteiger partial charge in [0, 0.05) is 45.9 Å². The molecule has 298 valence electrons. The Labute approximate surface area is 378 Å². The number of benzene rings is 12. The van der Waals surface area contributed by atoms with Gasteiger partial charge in [0.1, 0.15) is 0 Å². The summed E-state index contributed by atoms with van der Waals surface area (Å²) < 4.78 is 43.9. The zero-order chi connectivity index (χ0) is 46.5. The lowest BCUT2D eigenvalue weighted by Crippen LogP contribution is -2.10. The molecule has 0 unspecified atom stereocenters. The van der Waals surface area contributed by atoms with E-state index >= 15 is 0 Å². The van der Waals surface area contributed by atoms with Gasteiger partial charge < -0.3 is 9.80 Å². The van der Waals surface area contributed by atoms with Crippen LogP contribution in [0.25, 0.3) is 87.0 Å². The Kier molecular flexibility index (Phi) is 7.12. The minimum Gasteiger partial charge on any atom is -0.310 e. The highest BCUT2D eigenvalue weighted by Gasteiger charge is 2.19. The van der Waals surface area contributed by atoms with Gasteiger partial charge >= 0.3 is 0 Å². The quantitative estimate of drug-likeness (QED) is 0.142. The van der Waals surface area contributed by atoms with E-state index in [2.05, 4.69) is 168 Å². The summed E-state index contributed by atoms with van der Waals surface area (Å²) in [6, 6.07) is 68.2. The van der Waals surface area contributed by atoms with E-state index in [0.717, 1.165) is 66.4 Å². The highest BCUT2D eigenvalue weighted by Crippen LogP contribution is 2.44. The summed E-state index contributed by atoms with van der Waals surface area (Å²) in [5.41, 5.74) is 8.43. The van der Waals surface area contributed by atoms with Crippen LogP contribution in [0, 0.1) is 0 Å². The molecule has 0 aliphatic carbocycles. The van der Waals surface area contributed by atoms with Crippen LogP contribution in [0.5, 0.6) is 0 Å². The van der Waals surface area contributed by atoms with Gasteiger partial charge in [0.05, 0.1) is 12.5 Å². The summed E-state index contributed by atoms with van der Waals surface area (Å²) in [5, 5.41) is 14.0. The summed E-state index contributed by atoms with van der Waals surface area (Å²) in [6.07, 6.45) is 1.82. The molecular weight excluding hydrogens is 775 g/mol. The molecule has 1 aromatic heterocycles. The average molecular weight is 819 g/mol.